The van der Waals surface area contributed by atoms with Gasteiger partial charge in [0.05, 0.1) is 6.61 Å². The first-order chi connectivity index (χ1) is 8.52. The first kappa shape index (κ1) is 15.3. The van der Waals surface area contributed by atoms with E-state index in [-0.39, 0.29) is 6.04 Å². The lowest BCUT2D eigenvalue weighted by Gasteiger charge is -2.13. The van der Waals surface area contributed by atoms with Gasteiger partial charge < -0.3 is 10.5 Å². The predicted octanol–water partition coefficient (Wildman–Crippen LogP) is 4.07. The Labute approximate surface area is 118 Å². The van der Waals surface area contributed by atoms with Gasteiger partial charge in [-0.05, 0) is 43.5 Å². The Morgan fingerprint density at radius 1 is 1.50 bits per heavy atom. The molecule has 1 atom stereocenters. The predicted molar refractivity (Wildman–Crippen MR) is 81.0 cm³/mol. The molecular formula is C15H22BrNO. The van der Waals surface area contributed by atoms with Gasteiger partial charge >= 0.3 is 0 Å². The molecule has 2 nitrogen and oxygen atoms in total. The summed E-state index contributed by atoms with van der Waals surface area (Å²) >= 11 is 3.55. The Kier molecular flexibility index (Phi) is 6.44. The van der Waals surface area contributed by atoms with Crippen molar-refractivity contribution in [2.45, 2.75) is 39.2 Å². The Hall–Kier alpha value is -0.800. The lowest BCUT2D eigenvalue weighted by Crippen LogP contribution is -2.21. The van der Waals surface area contributed by atoms with Crippen LogP contribution in [0.5, 0.6) is 5.75 Å². The van der Waals surface area contributed by atoms with Gasteiger partial charge in [0.1, 0.15) is 5.75 Å². The molecule has 0 bridgehead atoms. The summed E-state index contributed by atoms with van der Waals surface area (Å²) < 4.78 is 6.80. The minimum atomic E-state index is 0.201. The van der Waals surface area contributed by atoms with Gasteiger partial charge in [-0.3, -0.25) is 0 Å². The number of rotatable bonds is 7. The number of nitrogens with two attached hydrogens (primary N) is 1. The van der Waals surface area contributed by atoms with E-state index in [0.29, 0.717) is 6.61 Å². The molecule has 0 aromatic heterocycles. The van der Waals surface area contributed by atoms with E-state index in [1.165, 1.54) is 5.56 Å². The Morgan fingerprint density at radius 3 is 2.83 bits per heavy atom. The molecule has 0 aliphatic rings. The molecule has 0 radical (unpaired) electrons. The van der Waals surface area contributed by atoms with Gasteiger partial charge in [-0.2, -0.15) is 0 Å². The highest BCUT2D eigenvalue weighted by atomic mass is 79.9. The SMILES string of the molecule is C=C(C)CCOc1ccc(Br)c(CC(N)CC)c1. The normalized spacial score (nSPS) is 12.2. The second-order valence-electron chi connectivity index (χ2n) is 4.68. The summed E-state index contributed by atoms with van der Waals surface area (Å²) in [6, 6.07) is 6.27. The van der Waals surface area contributed by atoms with Gasteiger partial charge in [0.25, 0.3) is 0 Å². The van der Waals surface area contributed by atoms with Crippen molar-refractivity contribution in [2.24, 2.45) is 5.73 Å². The van der Waals surface area contributed by atoms with Crippen LogP contribution in [0.1, 0.15) is 32.3 Å². The quantitative estimate of drug-likeness (QED) is 0.770. The fourth-order valence-electron chi connectivity index (χ4n) is 1.57. The summed E-state index contributed by atoms with van der Waals surface area (Å²) in [6.07, 6.45) is 2.74. The second-order valence-corrected chi connectivity index (χ2v) is 5.54. The fourth-order valence-corrected chi connectivity index (χ4v) is 1.98. The molecule has 0 fully saturated rings. The monoisotopic (exact) mass is 311 g/mol. The minimum Gasteiger partial charge on any atom is -0.493 e. The highest BCUT2D eigenvalue weighted by Crippen LogP contribution is 2.24. The maximum Gasteiger partial charge on any atom is 0.119 e. The van der Waals surface area contributed by atoms with Crippen LogP contribution in [0.2, 0.25) is 0 Å². The number of halogens is 1. The van der Waals surface area contributed by atoms with Crippen LogP contribution in [0.3, 0.4) is 0 Å². The van der Waals surface area contributed by atoms with Crippen molar-refractivity contribution in [3.8, 4) is 5.75 Å². The summed E-state index contributed by atoms with van der Waals surface area (Å²) in [6.45, 7) is 8.65. The highest BCUT2D eigenvalue weighted by Gasteiger charge is 2.07. The van der Waals surface area contributed by atoms with Crippen LogP contribution in [0.15, 0.2) is 34.8 Å². The second kappa shape index (κ2) is 7.59. The maximum atomic E-state index is 5.99. The first-order valence-electron chi connectivity index (χ1n) is 6.34. The molecule has 1 unspecified atom stereocenters. The van der Waals surface area contributed by atoms with E-state index in [2.05, 4.69) is 35.5 Å². The van der Waals surface area contributed by atoms with Crippen LogP contribution in [0.25, 0.3) is 0 Å². The molecule has 0 heterocycles. The van der Waals surface area contributed by atoms with E-state index < -0.39 is 0 Å². The summed E-state index contributed by atoms with van der Waals surface area (Å²) in [5.41, 5.74) is 8.34. The molecule has 0 saturated heterocycles. The van der Waals surface area contributed by atoms with Crippen LogP contribution in [-0.2, 0) is 6.42 Å². The molecule has 1 rings (SSSR count). The van der Waals surface area contributed by atoms with Gasteiger partial charge in [0.15, 0.2) is 0 Å². The molecule has 0 saturated carbocycles. The summed E-state index contributed by atoms with van der Waals surface area (Å²) in [7, 11) is 0. The van der Waals surface area contributed by atoms with Crippen LogP contribution < -0.4 is 10.5 Å². The van der Waals surface area contributed by atoms with Crippen molar-refractivity contribution in [3.05, 3.63) is 40.4 Å². The van der Waals surface area contributed by atoms with Gasteiger partial charge in [0.2, 0.25) is 0 Å². The molecule has 0 aliphatic carbocycles. The number of ether oxygens (including phenoxy) is 1. The lowest BCUT2D eigenvalue weighted by molar-refractivity contribution is 0.321. The fraction of sp³-hybridized carbons (Fsp3) is 0.467. The lowest BCUT2D eigenvalue weighted by atomic mass is 10.0. The largest absolute Gasteiger partial charge is 0.493 e. The van der Waals surface area contributed by atoms with Crippen LogP contribution in [-0.4, -0.2) is 12.6 Å². The Bertz CT molecular complexity index is 403. The van der Waals surface area contributed by atoms with Crippen molar-refractivity contribution >= 4 is 15.9 Å². The zero-order valence-electron chi connectivity index (χ0n) is 11.2. The van der Waals surface area contributed by atoms with Crippen LogP contribution in [0.4, 0.5) is 0 Å². The highest BCUT2D eigenvalue weighted by molar-refractivity contribution is 9.10. The van der Waals surface area contributed by atoms with Gasteiger partial charge in [-0.15, -0.1) is 6.58 Å². The van der Waals surface area contributed by atoms with E-state index in [4.69, 9.17) is 10.5 Å². The third-order valence-corrected chi connectivity index (χ3v) is 3.59. The smallest absolute Gasteiger partial charge is 0.119 e. The zero-order valence-corrected chi connectivity index (χ0v) is 12.8. The molecule has 0 aliphatic heterocycles. The van der Waals surface area contributed by atoms with Crippen LogP contribution in [0, 0.1) is 0 Å². The molecule has 2 N–H and O–H groups in total. The van der Waals surface area contributed by atoms with Crippen molar-refractivity contribution in [1.29, 1.82) is 0 Å². The van der Waals surface area contributed by atoms with Crippen molar-refractivity contribution < 1.29 is 4.74 Å². The molecule has 1 aromatic rings. The molecule has 0 amide bonds. The molecular weight excluding hydrogens is 290 g/mol. The molecule has 3 heteroatoms. The summed E-state index contributed by atoms with van der Waals surface area (Å²) in [5, 5.41) is 0. The summed E-state index contributed by atoms with van der Waals surface area (Å²) in [4.78, 5) is 0. The van der Waals surface area contributed by atoms with Gasteiger partial charge in [-0.25, -0.2) is 0 Å². The Balaban J connectivity index is 2.65. The number of hydrogen-bond donors (Lipinski definition) is 1. The number of benzene rings is 1. The van der Waals surface area contributed by atoms with Gasteiger partial charge in [0, 0.05) is 16.9 Å². The number of hydrogen-bond acceptors (Lipinski definition) is 2. The third kappa shape index (κ3) is 5.23. The topological polar surface area (TPSA) is 35.2 Å². The van der Waals surface area contributed by atoms with Crippen molar-refractivity contribution in [3.63, 3.8) is 0 Å². The minimum absolute atomic E-state index is 0.201. The van der Waals surface area contributed by atoms with Crippen LogP contribution >= 0.6 is 15.9 Å². The van der Waals surface area contributed by atoms with Crippen molar-refractivity contribution in [2.75, 3.05) is 6.61 Å². The van der Waals surface area contributed by atoms with E-state index in [0.717, 1.165) is 35.1 Å². The maximum absolute atomic E-state index is 5.99. The summed E-state index contributed by atoms with van der Waals surface area (Å²) in [5.74, 6) is 0.901. The van der Waals surface area contributed by atoms with E-state index in [1.807, 2.05) is 19.1 Å². The average molecular weight is 312 g/mol. The zero-order chi connectivity index (χ0) is 13.5. The van der Waals surface area contributed by atoms with Gasteiger partial charge in [-0.1, -0.05) is 28.4 Å². The van der Waals surface area contributed by atoms with Crippen molar-refractivity contribution in [1.82, 2.24) is 0 Å². The average Bonchev–Trinajstić information content (AvgIpc) is 2.32. The third-order valence-electron chi connectivity index (χ3n) is 2.82. The van der Waals surface area contributed by atoms with E-state index in [9.17, 15) is 0 Å². The molecule has 0 spiro atoms. The molecule has 1 aromatic carbocycles. The standard InChI is InChI=1S/C15H22BrNO/c1-4-13(17)9-12-10-14(5-6-15(12)16)18-8-7-11(2)3/h5-6,10,13H,2,4,7-9,17H2,1,3H3. The molecule has 100 valence electrons. The van der Waals surface area contributed by atoms with E-state index in [1.54, 1.807) is 0 Å². The molecule has 18 heavy (non-hydrogen) atoms. The Morgan fingerprint density at radius 2 is 2.22 bits per heavy atom. The first-order valence-corrected chi connectivity index (χ1v) is 7.13. The van der Waals surface area contributed by atoms with E-state index >= 15 is 0 Å².